The van der Waals surface area contributed by atoms with Crippen molar-refractivity contribution in [3.05, 3.63) is 28.2 Å². The molecule has 0 aliphatic rings. The first kappa shape index (κ1) is 15.8. The molecule has 0 aliphatic heterocycles. The van der Waals surface area contributed by atoms with Gasteiger partial charge in [0.1, 0.15) is 11.6 Å². The van der Waals surface area contributed by atoms with E-state index in [4.69, 9.17) is 11.6 Å². The van der Waals surface area contributed by atoms with Crippen LogP contribution < -0.4 is 0 Å². The zero-order valence-corrected chi connectivity index (χ0v) is 14.4. The van der Waals surface area contributed by atoms with Crippen molar-refractivity contribution in [1.29, 1.82) is 0 Å². The number of rotatable bonds is 5. The number of halogens is 3. The summed E-state index contributed by atoms with van der Waals surface area (Å²) in [5.41, 5.74) is 1.56. The number of fused-ring (bicyclic) bond motifs is 1. The maximum Gasteiger partial charge on any atom is 0.139 e. The maximum absolute atomic E-state index is 13.9. The van der Waals surface area contributed by atoms with Crippen molar-refractivity contribution in [3.8, 4) is 0 Å². The summed E-state index contributed by atoms with van der Waals surface area (Å²) in [4.78, 5) is 4.58. The molecule has 110 valence electrons. The fraction of sp³-hybridized carbons (Fsp3) is 0.533. The molecular weight excluding hydrogens is 343 g/mol. The van der Waals surface area contributed by atoms with E-state index in [1.807, 2.05) is 0 Å². The molecule has 2 rings (SSSR count). The predicted octanol–water partition coefficient (Wildman–Crippen LogP) is 5.60. The average molecular weight is 362 g/mol. The summed E-state index contributed by atoms with van der Waals surface area (Å²) in [6, 6.07) is 3.28. The van der Waals surface area contributed by atoms with E-state index < -0.39 is 0 Å². The van der Waals surface area contributed by atoms with Crippen molar-refractivity contribution in [3.63, 3.8) is 0 Å². The van der Waals surface area contributed by atoms with Crippen molar-refractivity contribution in [2.24, 2.45) is 0 Å². The molecule has 0 saturated carbocycles. The van der Waals surface area contributed by atoms with E-state index in [-0.39, 0.29) is 11.4 Å². The highest BCUT2D eigenvalue weighted by molar-refractivity contribution is 9.10. The van der Waals surface area contributed by atoms with Gasteiger partial charge in [-0.2, -0.15) is 0 Å². The molecule has 5 heteroatoms. The van der Waals surface area contributed by atoms with Crippen LogP contribution in [0.15, 0.2) is 16.6 Å². The second-order valence-corrected chi connectivity index (χ2v) is 6.16. The van der Waals surface area contributed by atoms with E-state index in [1.54, 1.807) is 12.1 Å². The number of imidazole rings is 1. The SMILES string of the molecule is CCC(CC)(CC)n1c(CCl)nc2cc(Br)c(F)cc21. The fourth-order valence-corrected chi connectivity index (χ4v) is 3.48. The van der Waals surface area contributed by atoms with Crippen LogP contribution in [0.2, 0.25) is 0 Å². The van der Waals surface area contributed by atoms with Gasteiger partial charge >= 0.3 is 0 Å². The molecule has 0 bridgehead atoms. The zero-order valence-electron chi connectivity index (χ0n) is 12.0. The second kappa shape index (κ2) is 6.02. The number of alkyl halides is 1. The van der Waals surface area contributed by atoms with E-state index in [9.17, 15) is 4.39 Å². The number of nitrogens with zero attached hydrogens (tertiary/aromatic N) is 2. The van der Waals surface area contributed by atoms with Gasteiger partial charge in [-0.15, -0.1) is 11.6 Å². The highest BCUT2D eigenvalue weighted by atomic mass is 79.9. The monoisotopic (exact) mass is 360 g/mol. The van der Waals surface area contributed by atoms with Crippen LogP contribution in [0, 0.1) is 5.82 Å². The van der Waals surface area contributed by atoms with Gasteiger partial charge in [-0.1, -0.05) is 20.8 Å². The van der Waals surface area contributed by atoms with Crippen molar-refractivity contribution in [1.82, 2.24) is 9.55 Å². The third kappa shape index (κ3) is 2.37. The minimum atomic E-state index is -0.267. The molecule has 1 heterocycles. The smallest absolute Gasteiger partial charge is 0.139 e. The van der Waals surface area contributed by atoms with Crippen LogP contribution in [0.1, 0.15) is 45.9 Å². The molecule has 2 nitrogen and oxygen atoms in total. The number of hydrogen-bond acceptors (Lipinski definition) is 1. The van der Waals surface area contributed by atoms with Gasteiger partial charge < -0.3 is 4.57 Å². The Morgan fingerprint density at radius 3 is 2.35 bits per heavy atom. The Balaban J connectivity index is 2.82. The predicted molar refractivity (Wildman–Crippen MR) is 85.8 cm³/mol. The minimum absolute atomic E-state index is 0.0563. The lowest BCUT2D eigenvalue weighted by molar-refractivity contribution is 0.252. The summed E-state index contributed by atoms with van der Waals surface area (Å²) < 4.78 is 16.5. The van der Waals surface area contributed by atoms with Gasteiger partial charge in [0.15, 0.2) is 0 Å². The Morgan fingerprint density at radius 1 is 1.25 bits per heavy atom. The van der Waals surface area contributed by atoms with E-state index in [2.05, 4.69) is 46.3 Å². The first-order valence-electron chi connectivity index (χ1n) is 6.95. The first-order chi connectivity index (χ1) is 9.52. The first-order valence-corrected chi connectivity index (χ1v) is 8.28. The van der Waals surface area contributed by atoms with Crippen LogP contribution in [0.5, 0.6) is 0 Å². The molecule has 0 saturated heterocycles. The number of aromatic nitrogens is 2. The Labute approximate surface area is 132 Å². The van der Waals surface area contributed by atoms with Crippen LogP contribution in [0.3, 0.4) is 0 Å². The van der Waals surface area contributed by atoms with Crippen LogP contribution in [0.25, 0.3) is 11.0 Å². The molecule has 0 amide bonds. The van der Waals surface area contributed by atoms with E-state index in [0.717, 1.165) is 36.1 Å². The molecule has 0 atom stereocenters. The van der Waals surface area contributed by atoms with Crippen molar-refractivity contribution in [2.75, 3.05) is 0 Å². The van der Waals surface area contributed by atoms with Gasteiger partial charge in [-0.25, -0.2) is 9.37 Å². The van der Waals surface area contributed by atoms with E-state index in [0.29, 0.717) is 10.4 Å². The Morgan fingerprint density at radius 2 is 1.85 bits per heavy atom. The third-order valence-electron chi connectivity index (χ3n) is 4.33. The number of benzene rings is 1. The zero-order chi connectivity index (χ0) is 14.9. The second-order valence-electron chi connectivity index (χ2n) is 5.04. The van der Waals surface area contributed by atoms with Crippen molar-refractivity contribution < 1.29 is 4.39 Å². The largest absolute Gasteiger partial charge is 0.321 e. The van der Waals surface area contributed by atoms with Gasteiger partial charge in [0, 0.05) is 11.6 Å². The molecular formula is C15H19BrClFN2. The number of hydrogen-bond donors (Lipinski definition) is 0. The quantitative estimate of drug-likeness (QED) is 0.634. The summed E-state index contributed by atoms with van der Waals surface area (Å²) in [6.45, 7) is 6.48. The maximum atomic E-state index is 13.9. The lowest BCUT2D eigenvalue weighted by atomic mass is 9.89. The third-order valence-corrected chi connectivity index (χ3v) is 5.18. The van der Waals surface area contributed by atoms with Crippen LogP contribution in [-0.4, -0.2) is 9.55 Å². The lowest BCUT2D eigenvalue weighted by Gasteiger charge is -2.34. The average Bonchev–Trinajstić information content (AvgIpc) is 2.81. The summed E-state index contributed by atoms with van der Waals surface area (Å²) in [7, 11) is 0. The van der Waals surface area contributed by atoms with Crippen molar-refractivity contribution in [2.45, 2.75) is 51.5 Å². The summed E-state index contributed by atoms with van der Waals surface area (Å²) in [5.74, 6) is 0.872. The molecule has 0 unspecified atom stereocenters. The summed E-state index contributed by atoms with van der Waals surface area (Å²) in [5, 5.41) is 0. The van der Waals surface area contributed by atoms with Gasteiger partial charge in [0.25, 0.3) is 0 Å². The Kier molecular flexibility index (Phi) is 4.75. The normalized spacial score (nSPS) is 12.3. The minimum Gasteiger partial charge on any atom is -0.321 e. The molecule has 0 fully saturated rings. The molecule has 1 aromatic heterocycles. The standard InChI is InChI=1S/C15H19BrClFN2/c1-4-15(5-2,6-3)20-13-8-11(18)10(16)7-12(13)19-14(20)9-17/h7-8H,4-6,9H2,1-3H3. The molecule has 0 N–H and O–H groups in total. The summed E-state index contributed by atoms with van der Waals surface area (Å²) in [6.07, 6.45) is 2.90. The van der Waals surface area contributed by atoms with E-state index >= 15 is 0 Å². The van der Waals surface area contributed by atoms with Crippen LogP contribution in [-0.2, 0) is 11.4 Å². The molecule has 0 spiro atoms. The topological polar surface area (TPSA) is 17.8 Å². The molecule has 0 aliphatic carbocycles. The van der Waals surface area contributed by atoms with Gasteiger partial charge in [-0.05, 0) is 41.3 Å². The van der Waals surface area contributed by atoms with E-state index in [1.165, 1.54) is 0 Å². The van der Waals surface area contributed by atoms with Gasteiger partial charge in [0.2, 0.25) is 0 Å². The van der Waals surface area contributed by atoms with Gasteiger partial charge in [-0.3, -0.25) is 0 Å². The molecule has 20 heavy (non-hydrogen) atoms. The van der Waals surface area contributed by atoms with Crippen LogP contribution >= 0.6 is 27.5 Å². The fourth-order valence-electron chi connectivity index (χ4n) is 2.97. The Hall–Kier alpha value is -0.610. The molecule has 1 aromatic carbocycles. The highest BCUT2D eigenvalue weighted by Gasteiger charge is 2.30. The lowest BCUT2D eigenvalue weighted by Crippen LogP contribution is -2.32. The van der Waals surface area contributed by atoms with Gasteiger partial charge in [0.05, 0.1) is 21.4 Å². The molecule has 2 aromatic rings. The van der Waals surface area contributed by atoms with Crippen LogP contribution in [0.4, 0.5) is 4.39 Å². The van der Waals surface area contributed by atoms with Crippen molar-refractivity contribution >= 4 is 38.6 Å². The summed E-state index contributed by atoms with van der Waals surface area (Å²) >= 11 is 9.29. The Bertz CT molecular complexity index is 612. The highest BCUT2D eigenvalue weighted by Crippen LogP contribution is 2.36. The molecule has 0 radical (unpaired) electrons.